The number of hydrogen-bond donors (Lipinski definition) is 0. The molecule has 0 atom stereocenters. The highest BCUT2D eigenvalue weighted by Gasteiger charge is 2.21. The third kappa shape index (κ3) is 2.47. The zero-order chi connectivity index (χ0) is 13.1. The number of rotatable bonds is 3. The maximum atomic E-state index is 13.7. The van der Waals surface area contributed by atoms with E-state index in [1.165, 1.54) is 22.3 Å². The minimum Gasteiger partial charge on any atom is -0.305 e. The van der Waals surface area contributed by atoms with E-state index < -0.39 is 0 Å². The molecule has 1 aromatic heterocycles. The van der Waals surface area contributed by atoms with Gasteiger partial charge in [0.25, 0.3) is 5.91 Å². The van der Waals surface area contributed by atoms with Crippen LogP contribution in [0.4, 0.5) is 10.1 Å². The Kier molecular flexibility index (Phi) is 4.14. The van der Waals surface area contributed by atoms with Crippen molar-refractivity contribution in [3.05, 3.63) is 50.9 Å². The summed E-state index contributed by atoms with van der Waals surface area (Å²) in [7, 11) is 0. The lowest BCUT2D eigenvalue weighted by Crippen LogP contribution is -2.31. The molecule has 0 saturated carbocycles. The quantitative estimate of drug-likeness (QED) is 0.822. The van der Waals surface area contributed by atoms with E-state index in [4.69, 9.17) is 0 Å². The van der Waals surface area contributed by atoms with Crippen LogP contribution in [0.3, 0.4) is 0 Å². The fraction of sp³-hybridized carbons (Fsp3) is 0.154. The maximum Gasteiger partial charge on any atom is 0.269 e. The average Bonchev–Trinajstić information content (AvgIpc) is 2.78. The molecule has 94 valence electrons. The first-order valence-corrected chi connectivity index (χ1v) is 7.11. The number of nitrogens with zero attached hydrogens (tertiary/aromatic N) is 1. The van der Waals surface area contributed by atoms with Crippen LogP contribution in [0.2, 0.25) is 0 Å². The van der Waals surface area contributed by atoms with Crippen LogP contribution in [0.5, 0.6) is 0 Å². The molecule has 0 aliphatic rings. The zero-order valence-corrected chi connectivity index (χ0v) is 12.1. The van der Waals surface area contributed by atoms with Gasteiger partial charge in [-0.3, -0.25) is 4.79 Å². The van der Waals surface area contributed by atoms with E-state index in [1.54, 1.807) is 18.2 Å². The van der Waals surface area contributed by atoms with Crippen molar-refractivity contribution in [2.75, 3.05) is 11.4 Å². The molecule has 2 rings (SSSR count). The maximum absolute atomic E-state index is 13.7. The van der Waals surface area contributed by atoms with E-state index in [0.717, 1.165) is 4.47 Å². The highest BCUT2D eigenvalue weighted by atomic mass is 79.9. The normalized spacial score (nSPS) is 10.4. The summed E-state index contributed by atoms with van der Waals surface area (Å²) in [5, 5.41) is 1.83. The minimum absolute atomic E-state index is 0.190. The second-order valence-electron chi connectivity index (χ2n) is 3.60. The Morgan fingerprint density at radius 1 is 1.39 bits per heavy atom. The molecule has 0 bridgehead atoms. The van der Waals surface area contributed by atoms with Gasteiger partial charge in [-0.05, 0) is 46.4 Å². The molecule has 0 aliphatic heterocycles. The van der Waals surface area contributed by atoms with Crippen molar-refractivity contribution in [3.8, 4) is 0 Å². The molecule has 0 radical (unpaired) electrons. The van der Waals surface area contributed by atoms with Crippen LogP contribution in [0.25, 0.3) is 0 Å². The van der Waals surface area contributed by atoms with Crippen LogP contribution >= 0.6 is 27.3 Å². The lowest BCUT2D eigenvalue weighted by Gasteiger charge is -2.21. The van der Waals surface area contributed by atoms with Crippen molar-refractivity contribution >= 4 is 38.9 Å². The first-order chi connectivity index (χ1) is 8.65. The number of halogens is 2. The van der Waals surface area contributed by atoms with Gasteiger partial charge in [0.1, 0.15) is 10.7 Å². The molecule has 5 heteroatoms. The van der Waals surface area contributed by atoms with E-state index >= 15 is 0 Å². The van der Waals surface area contributed by atoms with Crippen LogP contribution in [0.1, 0.15) is 16.6 Å². The number of thiophene rings is 1. The second kappa shape index (κ2) is 5.63. The summed E-state index contributed by atoms with van der Waals surface area (Å²) in [5.74, 6) is -0.579. The van der Waals surface area contributed by atoms with Crippen molar-refractivity contribution in [1.29, 1.82) is 0 Å². The number of anilines is 1. The lowest BCUT2D eigenvalue weighted by atomic mass is 10.2. The number of hydrogen-bond acceptors (Lipinski definition) is 2. The Balaban J connectivity index is 2.39. The molecular weight excluding hydrogens is 317 g/mol. The highest BCUT2D eigenvalue weighted by Crippen LogP contribution is 2.27. The Morgan fingerprint density at radius 3 is 2.67 bits per heavy atom. The van der Waals surface area contributed by atoms with Crippen LogP contribution < -0.4 is 4.90 Å². The SMILES string of the molecule is CCN(C(=O)c1sccc1Br)c1ccccc1F. The monoisotopic (exact) mass is 327 g/mol. The van der Waals surface area contributed by atoms with E-state index in [1.807, 2.05) is 18.4 Å². The standard InChI is InChI=1S/C13H11BrFNOS/c1-2-16(11-6-4-3-5-10(11)15)13(17)12-9(14)7-8-18-12/h3-8H,2H2,1H3. The van der Waals surface area contributed by atoms with Gasteiger partial charge in [0, 0.05) is 11.0 Å². The predicted molar refractivity (Wildman–Crippen MR) is 75.8 cm³/mol. The van der Waals surface area contributed by atoms with Crippen LogP contribution in [0.15, 0.2) is 40.2 Å². The van der Waals surface area contributed by atoms with Crippen molar-refractivity contribution < 1.29 is 9.18 Å². The fourth-order valence-electron chi connectivity index (χ4n) is 1.66. The van der Waals surface area contributed by atoms with Gasteiger partial charge < -0.3 is 4.90 Å². The van der Waals surface area contributed by atoms with Gasteiger partial charge in [0.2, 0.25) is 0 Å². The number of para-hydroxylation sites is 1. The number of amides is 1. The predicted octanol–water partition coefficient (Wildman–Crippen LogP) is 4.32. The molecule has 1 aromatic carbocycles. The fourth-order valence-corrected chi connectivity index (χ4v) is 3.15. The smallest absolute Gasteiger partial charge is 0.269 e. The summed E-state index contributed by atoms with van der Waals surface area (Å²) in [5.41, 5.74) is 0.310. The van der Waals surface area contributed by atoms with E-state index in [9.17, 15) is 9.18 Å². The molecule has 1 amide bonds. The summed E-state index contributed by atoms with van der Waals surface area (Å²) < 4.78 is 14.5. The Hall–Kier alpha value is -1.20. The molecule has 0 N–H and O–H groups in total. The summed E-state index contributed by atoms with van der Waals surface area (Å²) in [4.78, 5) is 14.4. The van der Waals surface area contributed by atoms with Gasteiger partial charge in [-0.1, -0.05) is 12.1 Å². The van der Waals surface area contributed by atoms with Gasteiger partial charge in [0.15, 0.2) is 0 Å². The summed E-state index contributed by atoms with van der Waals surface area (Å²) in [6.45, 7) is 2.25. The molecule has 1 heterocycles. The van der Waals surface area contributed by atoms with Gasteiger partial charge in [-0.15, -0.1) is 11.3 Å². The van der Waals surface area contributed by atoms with Gasteiger partial charge >= 0.3 is 0 Å². The molecule has 0 saturated heterocycles. The molecular formula is C13H11BrFNOS. The first-order valence-electron chi connectivity index (χ1n) is 5.44. The van der Waals surface area contributed by atoms with Gasteiger partial charge in [-0.2, -0.15) is 0 Å². The molecule has 18 heavy (non-hydrogen) atoms. The second-order valence-corrected chi connectivity index (χ2v) is 5.37. The van der Waals surface area contributed by atoms with E-state index in [2.05, 4.69) is 15.9 Å². The Labute approximate surface area is 117 Å². The lowest BCUT2D eigenvalue weighted by molar-refractivity contribution is 0.0990. The zero-order valence-electron chi connectivity index (χ0n) is 9.69. The summed E-state index contributed by atoms with van der Waals surface area (Å²) in [6.07, 6.45) is 0. The number of benzene rings is 1. The van der Waals surface area contributed by atoms with Crippen molar-refractivity contribution in [3.63, 3.8) is 0 Å². The molecule has 0 spiro atoms. The highest BCUT2D eigenvalue weighted by molar-refractivity contribution is 9.10. The number of carbonyl (C=O) groups excluding carboxylic acids is 1. The largest absolute Gasteiger partial charge is 0.305 e. The third-order valence-electron chi connectivity index (χ3n) is 2.52. The first kappa shape index (κ1) is 13.2. The molecule has 0 fully saturated rings. The van der Waals surface area contributed by atoms with E-state index in [-0.39, 0.29) is 11.7 Å². The van der Waals surface area contributed by atoms with Crippen molar-refractivity contribution in [1.82, 2.24) is 0 Å². The van der Waals surface area contributed by atoms with Crippen molar-refractivity contribution in [2.45, 2.75) is 6.92 Å². The minimum atomic E-state index is -0.389. The van der Waals surface area contributed by atoms with Crippen LogP contribution in [0, 0.1) is 5.82 Å². The molecule has 2 nitrogen and oxygen atoms in total. The topological polar surface area (TPSA) is 20.3 Å². The number of carbonyl (C=O) groups is 1. The van der Waals surface area contributed by atoms with Gasteiger partial charge in [0.05, 0.1) is 5.69 Å². The van der Waals surface area contributed by atoms with E-state index in [0.29, 0.717) is 17.1 Å². The Bertz CT molecular complexity index is 570. The molecule has 0 aliphatic carbocycles. The van der Waals surface area contributed by atoms with Crippen molar-refractivity contribution in [2.24, 2.45) is 0 Å². The molecule has 2 aromatic rings. The van der Waals surface area contributed by atoms with Gasteiger partial charge in [-0.25, -0.2) is 4.39 Å². The Morgan fingerprint density at radius 2 is 2.11 bits per heavy atom. The average molecular weight is 328 g/mol. The summed E-state index contributed by atoms with van der Waals surface area (Å²) >= 11 is 4.67. The summed E-state index contributed by atoms with van der Waals surface area (Å²) in [6, 6.07) is 8.11. The third-order valence-corrected chi connectivity index (χ3v) is 4.34. The van der Waals surface area contributed by atoms with Crippen LogP contribution in [-0.2, 0) is 0 Å². The van der Waals surface area contributed by atoms with Crippen LogP contribution in [-0.4, -0.2) is 12.5 Å². The molecule has 0 unspecified atom stereocenters.